The lowest BCUT2D eigenvalue weighted by molar-refractivity contribution is -0.133. The third kappa shape index (κ3) is 11.0. The molecule has 2 aromatic rings. The molecule has 0 spiro atoms. The van der Waals surface area contributed by atoms with Crippen LogP contribution in [0.25, 0.3) is 0 Å². The number of aliphatic hydroxyl groups is 1. The lowest BCUT2D eigenvalue weighted by Gasteiger charge is -2.46. The summed E-state index contributed by atoms with van der Waals surface area (Å²) >= 11 is 1.43. The van der Waals surface area contributed by atoms with Crippen LogP contribution >= 0.6 is 11.8 Å². The molecule has 7 atom stereocenters. The predicted molar refractivity (Wildman–Crippen MR) is 205 cm³/mol. The molecule has 0 unspecified atom stereocenters. The highest BCUT2D eigenvalue weighted by Gasteiger charge is 2.49. The first-order valence-corrected chi connectivity index (χ1v) is 19.7. The molecule has 12 heteroatoms. The highest BCUT2D eigenvalue weighted by Crippen LogP contribution is 2.40. The SMILES string of the molecule is CC(C)(C)NC(=O)[C@@H]1C[C@@H]2CCCC[C@@H]2CN1C[C@@H](O)CNC(=O)[C@@H]1N[C@@H]([C@H](NC(=O)Cc2ccccc2)C(=O)NCc2ccccc2)SC1(C)C. The van der Waals surface area contributed by atoms with Crippen LogP contribution in [0.5, 0.6) is 0 Å². The third-order valence-electron chi connectivity index (χ3n) is 10.4. The van der Waals surface area contributed by atoms with Crippen molar-refractivity contribution in [2.45, 2.75) is 120 Å². The molecule has 11 nitrogen and oxygen atoms in total. The summed E-state index contributed by atoms with van der Waals surface area (Å²) in [4.78, 5) is 56.2. The molecule has 284 valence electrons. The van der Waals surface area contributed by atoms with E-state index < -0.39 is 28.3 Å². The van der Waals surface area contributed by atoms with Crippen LogP contribution in [0.3, 0.4) is 0 Å². The monoisotopic (exact) mass is 734 g/mol. The van der Waals surface area contributed by atoms with Crippen molar-refractivity contribution in [2.75, 3.05) is 19.6 Å². The zero-order valence-electron chi connectivity index (χ0n) is 31.3. The lowest BCUT2D eigenvalue weighted by Crippen LogP contribution is -2.60. The number of β-amino-alcohol motifs (C(OH)–C–C–N with tert-alkyl or cyclic N) is 1. The molecule has 2 saturated heterocycles. The summed E-state index contributed by atoms with van der Waals surface area (Å²) in [6.45, 7) is 11.2. The van der Waals surface area contributed by atoms with Gasteiger partial charge in [0.25, 0.3) is 0 Å². The van der Waals surface area contributed by atoms with E-state index in [-0.39, 0.29) is 54.7 Å². The Balaban J connectivity index is 1.21. The van der Waals surface area contributed by atoms with Gasteiger partial charge in [0.05, 0.1) is 23.9 Å². The molecule has 6 N–H and O–H groups in total. The molecule has 0 bridgehead atoms. The van der Waals surface area contributed by atoms with Crippen molar-refractivity contribution in [3.8, 4) is 0 Å². The van der Waals surface area contributed by atoms with Crippen molar-refractivity contribution in [1.82, 2.24) is 31.5 Å². The Morgan fingerprint density at radius 3 is 2.21 bits per heavy atom. The molecule has 2 aliphatic heterocycles. The maximum Gasteiger partial charge on any atom is 0.245 e. The number of aliphatic hydroxyl groups excluding tert-OH is 1. The molecule has 4 amide bonds. The zero-order chi connectivity index (χ0) is 37.5. The molecule has 1 aliphatic carbocycles. The number of piperidine rings is 1. The summed E-state index contributed by atoms with van der Waals surface area (Å²) < 4.78 is -0.638. The summed E-state index contributed by atoms with van der Waals surface area (Å²) in [5.74, 6) is 0.0733. The fraction of sp³-hybridized carbons (Fsp3) is 0.600. The largest absolute Gasteiger partial charge is 0.390 e. The minimum atomic E-state index is -0.952. The molecular formula is C40H58N6O5S. The summed E-state index contributed by atoms with van der Waals surface area (Å²) in [5.41, 5.74) is 1.40. The minimum absolute atomic E-state index is 0.00838. The molecule has 3 fully saturated rings. The van der Waals surface area contributed by atoms with E-state index >= 15 is 0 Å². The van der Waals surface area contributed by atoms with Gasteiger partial charge in [-0.25, -0.2) is 0 Å². The number of nitrogens with one attached hydrogen (secondary N) is 5. The van der Waals surface area contributed by atoms with Gasteiger partial charge in [0.2, 0.25) is 23.6 Å². The Labute approximate surface area is 313 Å². The lowest BCUT2D eigenvalue weighted by atomic mass is 9.72. The van der Waals surface area contributed by atoms with E-state index in [0.717, 1.165) is 36.9 Å². The van der Waals surface area contributed by atoms with E-state index in [0.29, 0.717) is 18.4 Å². The number of benzene rings is 2. The molecule has 0 radical (unpaired) electrons. The molecule has 2 heterocycles. The zero-order valence-corrected chi connectivity index (χ0v) is 32.1. The van der Waals surface area contributed by atoms with Gasteiger partial charge in [-0.2, -0.15) is 0 Å². The Hall–Kier alpha value is -3.45. The Morgan fingerprint density at radius 2 is 1.56 bits per heavy atom. The van der Waals surface area contributed by atoms with Gasteiger partial charge in [0.15, 0.2) is 0 Å². The summed E-state index contributed by atoms with van der Waals surface area (Å²) in [6, 6.07) is 16.9. The van der Waals surface area contributed by atoms with Crippen molar-refractivity contribution in [3.63, 3.8) is 0 Å². The van der Waals surface area contributed by atoms with Crippen molar-refractivity contribution < 1.29 is 24.3 Å². The van der Waals surface area contributed by atoms with Gasteiger partial charge in [0, 0.05) is 36.5 Å². The van der Waals surface area contributed by atoms with E-state index in [2.05, 4.69) is 31.5 Å². The van der Waals surface area contributed by atoms with Gasteiger partial charge < -0.3 is 26.4 Å². The van der Waals surface area contributed by atoms with Crippen LogP contribution < -0.4 is 26.6 Å². The highest BCUT2D eigenvalue weighted by atomic mass is 32.2. The van der Waals surface area contributed by atoms with E-state index in [1.165, 1.54) is 24.6 Å². The highest BCUT2D eigenvalue weighted by molar-refractivity contribution is 8.01. The van der Waals surface area contributed by atoms with Crippen molar-refractivity contribution in [1.29, 1.82) is 0 Å². The van der Waals surface area contributed by atoms with E-state index in [1.54, 1.807) is 0 Å². The topological polar surface area (TPSA) is 152 Å². The maximum absolute atomic E-state index is 13.7. The summed E-state index contributed by atoms with van der Waals surface area (Å²) in [7, 11) is 0. The predicted octanol–water partition coefficient (Wildman–Crippen LogP) is 3.11. The fourth-order valence-corrected chi connectivity index (χ4v) is 9.31. The number of carbonyl (C=O) groups excluding carboxylic acids is 4. The molecule has 1 saturated carbocycles. The smallest absolute Gasteiger partial charge is 0.245 e. The average Bonchev–Trinajstić information content (AvgIpc) is 3.42. The van der Waals surface area contributed by atoms with Gasteiger partial charge in [-0.05, 0) is 70.4 Å². The van der Waals surface area contributed by atoms with Crippen molar-refractivity contribution in [3.05, 3.63) is 71.8 Å². The number of likely N-dealkylation sites (tertiary alicyclic amines) is 1. The van der Waals surface area contributed by atoms with Crippen LogP contribution in [-0.2, 0) is 32.1 Å². The number of carbonyl (C=O) groups is 4. The molecule has 3 aliphatic rings. The minimum Gasteiger partial charge on any atom is -0.390 e. The van der Waals surface area contributed by atoms with Crippen molar-refractivity contribution >= 4 is 35.4 Å². The third-order valence-corrected chi connectivity index (χ3v) is 11.9. The van der Waals surface area contributed by atoms with Gasteiger partial charge in [-0.15, -0.1) is 11.8 Å². The molecule has 0 aromatic heterocycles. The maximum atomic E-state index is 13.7. The molecule has 52 heavy (non-hydrogen) atoms. The number of hydrogen-bond acceptors (Lipinski definition) is 8. The number of rotatable bonds is 13. The number of fused-ring (bicyclic) bond motifs is 1. The van der Waals surface area contributed by atoms with Crippen LogP contribution in [0.15, 0.2) is 60.7 Å². The van der Waals surface area contributed by atoms with Gasteiger partial charge >= 0.3 is 0 Å². The van der Waals surface area contributed by atoms with E-state index in [4.69, 9.17) is 0 Å². The van der Waals surface area contributed by atoms with Crippen LogP contribution in [0, 0.1) is 11.8 Å². The van der Waals surface area contributed by atoms with Crippen molar-refractivity contribution in [2.24, 2.45) is 11.8 Å². The Morgan fingerprint density at radius 1 is 0.923 bits per heavy atom. The second-order valence-electron chi connectivity index (χ2n) is 16.3. The number of hydrogen-bond donors (Lipinski definition) is 6. The number of thioether (sulfide) groups is 1. The van der Waals surface area contributed by atoms with Crippen LogP contribution in [0.2, 0.25) is 0 Å². The number of amides is 4. The summed E-state index contributed by atoms with van der Waals surface area (Å²) in [6.07, 6.45) is 4.70. The first-order valence-electron chi connectivity index (χ1n) is 18.8. The normalized spacial score (nSPS) is 25.6. The molecular weight excluding hydrogens is 677 g/mol. The molecule has 2 aromatic carbocycles. The first kappa shape index (κ1) is 39.8. The quantitative estimate of drug-likeness (QED) is 0.184. The van der Waals surface area contributed by atoms with Gasteiger partial charge in [-0.3, -0.25) is 29.4 Å². The average molecular weight is 735 g/mol. The van der Waals surface area contributed by atoms with Crippen LogP contribution in [0.1, 0.15) is 77.8 Å². The Bertz CT molecular complexity index is 1520. The number of nitrogens with zero attached hydrogens (tertiary/aromatic N) is 1. The van der Waals surface area contributed by atoms with Gasteiger partial charge in [0.1, 0.15) is 12.1 Å². The summed E-state index contributed by atoms with van der Waals surface area (Å²) in [5, 5.41) is 26.0. The second kappa shape index (κ2) is 17.6. The fourth-order valence-electron chi connectivity index (χ4n) is 7.81. The Kier molecular flexibility index (Phi) is 13.4. The van der Waals surface area contributed by atoms with Crippen LogP contribution in [-0.4, -0.2) is 93.2 Å². The van der Waals surface area contributed by atoms with Gasteiger partial charge in [-0.1, -0.05) is 79.9 Å². The standard InChI is InChI=1S/C40H58N6O5S/c1-39(2,3)45-35(49)31-21-28-18-12-13-19-29(28)24-46(31)25-30(47)23-42-37(51)34-40(4,5)52-38(44-34)33(36(50)41-22-27-16-10-7-11-17-27)43-32(48)20-26-14-8-6-9-15-26/h6-11,14-17,28-31,33-34,38,44,47H,12-13,18-25H2,1-5H3,(H,41,50)(H,42,51)(H,43,48)(H,45,49)/t28-,29+,30-,31-,33+,34-,38+/m0/s1. The van der Waals surface area contributed by atoms with Crippen LogP contribution in [0.4, 0.5) is 0 Å². The van der Waals surface area contributed by atoms with E-state index in [9.17, 15) is 24.3 Å². The molecule has 5 rings (SSSR count). The van der Waals surface area contributed by atoms with E-state index in [1.807, 2.05) is 95.3 Å². The second-order valence-corrected chi connectivity index (χ2v) is 18.1. The first-order chi connectivity index (χ1) is 24.7.